The highest BCUT2D eigenvalue weighted by Crippen LogP contribution is 2.27. The van der Waals surface area contributed by atoms with Crippen LogP contribution in [0.5, 0.6) is 0 Å². The van der Waals surface area contributed by atoms with Crippen LogP contribution >= 0.6 is 0 Å². The predicted molar refractivity (Wildman–Crippen MR) is 130 cm³/mol. The van der Waals surface area contributed by atoms with E-state index in [1.807, 2.05) is 6.07 Å². The molecule has 1 aliphatic rings. The minimum absolute atomic E-state index is 0.0162. The molecule has 2 aromatic carbocycles. The Kier molecular flexibility index (Phi) is 7.86. The third-order valence-corrected chi connectivity index (χ3v) is 8.11. The number of sulfonamides is 1. The number of rotatable bonds is 8. The Morgan fingerprint density at radius 3 is 2.51 bits per heavy atom. The van der Waals surface area contributed by atoms with Crippen molar-refractivity contribution in [2.24, 2.45) is 0 Å². The van der Waals surface area contributed by atoms with Crippen LogP contribution in [0.2, 0.25) is 0 Å². The van der Waals surface area contributed by atoms with Gasteiger partial charge in [0.1, 0.15) is 0 Å². The van der Waals surface area contributed by atoms with Crippen LogP contribution in [0.3, 0.4) is 0 Å². The minimum atomic E-state index is -3.95. The van der Waals surface area contributed by atoms with Crippen molar-refractivity contribution in [1.82, 2.24) is 4.31 Å². The quantitative estimate of drug-likeness (QED) is 0.510. The number of likely N-dealkylation sites (N-methyl/N-ethyl adjacent to an activating group) is 1. The molecule has 0 saturated heterocycles. The summed E-state index contributed by atoms with van der Waals surface area (Å²) in [5.74, 6) is -2.01. The highest BCUT2D eigenvalue weighted by molar-refractivity contribution is 7.89. The van der Waals surface area contributed by atoms with Crippen molar-refractivity contribution in [3.05, 3.63) is 89.0 Å². The molecule has 3 unspecified atom stereocenters. The Labute approximate surface area is 203 Å². The highest BCUT2D eigenvalue weighted by Gasteiger charge is 2.35. The molecule has 0 radical (unpaired) electrons. The molecule has 0 fully saturated rings. The number of carbonyl (C=O) groups excluding carboxylic acids is 1. The predicted octanol–water partition coefficient (Wildman–Crippen LogP) is 2.83. The number of aliphatic hydroxyl groups excluding tert-OH is 1. The van der Waals surface area contributed by atoms with Crippen LogP contribution in [-0.2, 0) is 14.8 Å². The molecule has 10 heteroatoms. The summed E-state index contributed by atoms with van der Waals surface area (Å²) in [5.41, 5.74) is 0.481. The molecular weight excluding hydrogens is 470 g/mol. The normalized spacial score (nSPS) is 17.2. The Morgan fingerprint density at radius 1 is 1.20 bits per heavy atom. The molecule has 182 valence electrons. The van der Waals surface area contributed by atoms with Gasteiger partial charge in [-0.2, -0.15) is 9.57 Å². The van der Waals surface area contributed by atoms with E-state index >= 15 is 0 Å². The summed E-state index contributed by atoms with van der Waals surface area (Å²) in [5, 5.41) is 30.5. The molecular formula is C25H25N3O6S. The first kappa shape index (κ1) is 25.8. The monoisotopic (exact) mass is 495 g/mol. The van der Waals surface area contributed by atoms with Crippen LogP contribution in [-0.4, -0.2) is 53.2 Å². The van der Waals surface area contributed by atoms with Crippen molar-refractivity contribution in [1.29, 1.82) is 5.26 Å². The second-order valence-electron chi connectivity index (χ2n) is 8.09. The minimum Gasteiger partial charge on any atom is -0.478 e. The van der Waals surface area contributed by atoms with Crippen molar-refractivity contribution in [2.45, 2.75) is 30.7 Å². The molecule has 9 nitrogen and oxygen atoms in total. The third kappa shape index (κ3) is 5.66. The number of hydrogen-bond acceptors (Lipinski definition) is 6. The first-order chi connectivity index (χ1) is 16.6. The van der Waals surface area contributed by atoms with E-state index in [0.717, 1.165) is 10.4 Å². The summed E-state index contributed by atoms with van der Waals surface area (Å²) in [6.45, 7) is 1.60. The molecule has 3 rings (SSSR count). The summed E-state index contributed by atoms with van der Waals surface area (Å²) in [6, 6.07) is 13.6. The van der Waals surface area contributed by atoms with Crippen LogP contribution in [0.25, 0.3) is 0 Å². The van der Waals surface area contributed by atoms with E-state index < -0.39 is 39.3 Å². The first-order valence-electron chi connectivity index (χ1n) is 10.7. The number of benzene rings is 2. The van der Waals surface area contributed by atoms with Gasteiger partial charge < -0.3 is 15.5 Å². The summed E-state index contributed by atoms with van der Waals surface area (Å²) in [7, 11) is -2.57. The van der Waals surface area contributed by atoms with Crippen molar-refractivity contribution >= 4 is 27.6 Å². The van der Waals surface area contributed by atoms with E-state index in [0.29, 0.717) is 5.56 Å². The number of aromatic carboxylic acids is 1. The number of anilines is 1. The Hall–Kier alpha value is -3.78. The van der Waals surface area contributed by atoms with Gasteiger partial charge in [0.2, 0.25) is 10.0 Å². The highest BCUT2D eigenvalue weighted by atomic mass is 32.2. The number of allylic oxidation sites excluding steroid dienone is 1. The van der Waals surface area contributed by atoms with Gasteiger partial charge in [-0.15, -0.1) is 0 Å². The fraction of sp³-hybridized carbons (Fsp3) is 0.240. The Balaban J connectivity index is 1.81. The fourth-order valence-corrected chi connectivity index (χ4v) is 5.36. The van der Waals surface area contributed by atoms with E-state index in [1.54, 1.807) is 43.3 Å². The summed E-state index contributed by atoms with van der Waals surface area (Å²) < 4.78 is 27.7. The SMILES string of the molecule is CC(C(O)c1ccccc1)N(C)S(=O)(=O)C1C=C(C(=O)Nc2ccc(C#N)cc2C(=O)O)C=CC1. The van der Waals surface area contributed by atoms with Crippen molar-refractivity contribution in [2.75, 3.05) is 12.4 Å². The lowest BCUT2D eigenvalue weighted by molar-refractivity contribution is -0.112. The average molecular weight is 496 g/mol. The van der Waals surface area contributed by atoms with Crippen molar-refractivity contribution in [3.63, 3.8) is 0 Å². The Bertz CT molecular complexity index is 1330. The van der Waals surface area contributed by atoms with E-state index in [4.69, 9.17) is 5.26 Å². The lowest BCUT2D eigenvalue weighted by Gasteiger charge is -2.31. The maximum Gasteiger partial charge on any atom is 0.337 e. The summed E-state index contributed by atoms with van der Waals surface area (Å²) in [4.78, 5) is 24.4. The number of amides is 1. The molecule has 0 bridgehead atoms. The summed E-state index contributed by atoms with van der Waals surface area (Å²) in [6.07, 6.45) is 3.42. The lowest BCUT2D eigenvalue weighted by atomic mass is 10.0. The second kappa shape index (κ2) is 10.7. The second-order valence-corrected chi connectivity index (χ2v) is 10.3. The fourth-order valence-electron chi connectivity index (χ4n) is 3.68. The molecule has 0 aliphatic heterocycles. The number of hydrogen-bond donors (Lipinski definition) is 3. The molecule has 3 atom stereocenters. The zero-order chi connectivity index (χ0) is 25.8. The zero-order valence-corrected chi connectivity index (χ0v) is 19.9. The lowest BCUT2D eigenvalue weighted by Crippen LogP contribution is -2.43. The maximum atomic E-state index is 13.3. The van der Waals surface area contributed by atoms with Gasteiger partial charge in [-0.1, -0.05) is 48.6 Å². The average Bonchev–Trinajstić information content (AvgIpc) is 2.87. The first-order valence-corrected chi connectivity index (χ1v) is 12.2. The number of carboxylic acid groups (broad SMARTS) is 1. The number of nitriles is 1. The van der Waals surface area contributed by atoms with Crippen LogP contribution in [0.4, 0.5) is 5.69 Å². The Morgan fingerprint density at radius 2 is 1.89 bits per heavy atom. The van der Waals surface area contributed by atoms with Gasteiger partial charge in [0.15, 0.2) is 0 Å². The van der Waals surface area contributed by atoms with Gasteiger partial charge >= 0.3 is 5.97 Å². The van der Waals surface area contributed by atoms with Gasteiger partial charge in [-0.3, -0.25) is 4.79 Å². The van der Waals surface area contributed by atoms with Gasteiger partial charge in [0, 0.05) is 12.6 Å². The number of nitrogens with zero attached hydrogens (tertiary/aromatic N) is 2. The largest absolute Gasteiger partial charge is 0.478 e. The zero-order valence-electron chi connectivity index (χ0n) is 19.1. The summed E-state index contributed by atoms with van der Waals surface area (Å²) >= 11 is 0. The number of nitrogens with one attached hydrogen (secondary N) is 1. The third-order valence-electron chi connectivity index (χ3n) is 5.88. The van der Waals surface area contributed by atoms with Crippen LogP contribution in [0.15, 0.2) is 72.3 Å². The van der Waals surface area contributed by atoms with E-state index in [1.165, 1.54) is 31.3 Å². The van der Waals surface area contributed by atoms with Crippen molar-refractivity contribution < 1.29 is 28.2 Å². The molecule has 3 N–H and O–H groups in total. The van der Waals surface area contributed by atoms with E-state index in [9.17, 15) is 28.2 Å². The van der Waals surface area contributed by atoms with E-state index in [-0.39, 0.29) is 28.8 Å². The van der Waals surface area contributed by atoms with Crippen LogP contribution in [0, 0.1) is 11.3 Å². The molecule has 0 heterocycles. The number of carbonyl (C=O) groups is 2. The van der Waals surface area contributed by atoms with Crippen LogP contribution in [0.1, 0.15) is 40.9 Å². The van der Waals surface area contributed by atoms with Gasteiger partial charge in [0.05, 0.1) is 40.3 Å². The van der Waals surface area contributed by atoms with Crippen LogP contribution < -0.4 is 5.32 Å². The molecule has 0 spiro atoms. The molecule has 0 aromatic heterocycles. The molecule has 35 heavy (non-hydrogen) atoms. The molecule has 0 saturated carbocycles. The van der Waals surface area contributed by atoms with E-state index in [2.05, 4.69) is 5.32 Å². The van der Waals surface area contributed by atoms with Gasteiger partial charge in [-0.05, 0) is 37.1 Å². The number of carboxylic acids is 1. The maximum absolute atomic E-state index is 13.3. The number of aliphatic hydroxyl groups is 1. The standard InChI is InChI=1S/C25H25N3O6S/c1-16(23(29)18-7-4-3-5-8-18)28(2)35(33,34)20-10-6-9-19(14-20)24(30)27-22-12-11-17(15-26)13-21(22)25(31)32/h3-9,11-14,16,20,23,29H,10H2,1-2H3,(H,27,30)(H,31,32). The molecule has 1 amide bonds. The van der Waals surface area contributed by atoms with Gasteiger partial charge in [0.25, 0.3) is 5.91 Å². The van der Waals surface area contributed by atoms with Crippen molar-refractivity contribution in [3.8, 4) is 6.07 Å². The smallest absolute Gasteiger partial charge is 0.337 e. The molecule has 1 aliphatic carbocycles. The topological polar surface area (TPSA) is 148 Å². The van der Waals surface area contributed by atoms with Gasteiger partial charge in [-0.25, -0.2) is 13.2 Å². The molecule has 2 aromatic rings.